The third-order valence-corrected chi connectivity index (χ3v) is 2.98. The fraction of sp³-hybridized carbons (Fsp3) is 0.0714. The highest BCUT2D eigenvalue weighted by molar-refractivity contribution is 6.34. The Labute approximate surface area is 124 Å². The summed E-state index contributed by atoms with van der Waals surface area (Å²) in [5, 5.41) is 11.0. The normalized spacial score (nSPS) is 10.2. The molecule has 0 bridgehead atoms. The first-order valence-corrected chi connectivity index (χ1v) is 6.18. The molecule has 5 nitrogen and oxygen atoms in total. The van der Waals surface area contributed by atoms with Gasteiger partial charge < -0.3 is 4.74 Å². The van der Waals surface area contributed by atoms with Gasteiger partial charge in [0.15, 0.2) is 5.78 Å². The molecular formula is C14H9ClFNO4. The maximum absolute atomic E-state index is 13.2. The molecule has 0 N–H and O–H groups in total. The second-order valence-electron chi connectivity index (χ2n) is 4.17. The summed E-state index contributed by atoms with van der Waals surface area (Å²) in [5.41, 5.74) is -0.0686. The van der Waals surface area contributed by atoms with Gasteiger partial charge in [0.05, 0.1) is 9.95 Å². The molecule has 0 unspecified atom stereocenters. The molecule has 0 aromatic heterocycles. The molecule has 0 aliphatic carbocycles. The van der Waals surface area contributed by atoms with Crippen molar-refractivity contribution in [2.24, 2.45) is 0 Å². The van der Waals surface area contributed by atoms with Gasteiger partial charge >= 0.3 is 5.69 Å². The summed E-state index contributed by atoms with van der Waals surface area (Å²) in [6.07, 6.45) is 0. The molecule has 0 spiro atoms. The van der Waals surface area contributed by atoms with Gasteiger partial charge in [-0.15, -0.1) is 0 Å². The Bertz CT molecular complexity index is 733. The van der Waals surface area contributed by atoms with E-state index in [9.17, 15) is 19.3 Å². The molecule has 0 aliphatic rings. The highest BCUT2D eigenvalue weighted by Gasteiger charge is 2.17. The number of benzene rings is 2. The highest BCUT2D eigenvalue weighted by Crippen LogP contribution is 2.33. The van der Waals surface area contributed by atoms with E-state index in [0.29, 0.717) is 5.56 Å². The van der Waals surface area contributed by atoms with Gasteiger partial charge in [-0.3, -0.25) is 14.9 Å². The van der Waals surface area contributed by atoms with Crippen molar-refractivity contribution >= 4 is 23.1 Å². The van der Waals surface area contributed by atoms with E-state index in [1.165, 1.54) is 25.1 Å². The SMILES string of the molecule is CC(=O)c1ccc(Oc2cc(F)ccc2[N+](=O)[O-])cc1Cl. The second kappa shape index (κ2) is 5.88. The maximum Gasteiger partial charge on any atom is 0.311 e. The van der Waals surface area contributed by atoms with Crippen molar-refractivity contribution < 1.29 is 18.8 Å². The molecule has 2 aromatic carbocycles. The minimum Gasteiger partial charge on any atom is -0.450 e. The molecule has 7 heteroatoms. The number of ketones is 1. The van der Waals surface area contributed by atoms with Crippen molar-refractivity contribution in [3.8, 4) is 11.5 Å². The Kier molecular flexibility index (Phi) is 4.18. The number of rotatable bonds is 4. The van der Waals surface area contributed by atoms with Crippen LogP contribution in [0.2, 0.25) is 5.02 Å². The van der Waals surface area contributed by atoms with Gasteiger partial charge in [0.2, 0.25) is 5.75 Å². The molecule has 0 fully saturated rings. The van der Waals surface area contributed by atoms with Gasteiger partial charge in [-0.25, -0.2) is 4.39 Å². The zero-order valence-electron chi connectivity index (χ0n) is 10.8. The van der Waals surface area contributed by atoms with E-state index >= 15 is 0 Å². The van der Waals surface area contributed by atoms with Crippen molar-refractivity contribution in [2.75, 3.05) is 0 Å². The molecule has 0 aliphatic heterocycles. The minimum absolute atomic E-state index is 0.152. The van der Waals surface area contributed by atoms with Crippen molar-refractivity contribution in [2.45, 2.75) is 6.92 Å². The van der Waals surface area contributed by atoms with Crippen molar-refractivity contribution in [1.29, 1.82) is 0 Å². The standard InChI is InChI=1S/C14H9ClFNO4/c1-8(18)11-4-3-10(7-12(11)15)21-14-6-9(16)2-5-13(14)17(19)20/h2-7H,1H3. The first-order valence-electron chi connectivity index (χ1n) is 5.81. The third kappa shape index (κ3) is 3.35. The Hall–Kier alpha value is -2.47. The molecule has 21 heavy (non-hydrogen) atoms. The lowest BCUT2D eigenvalue weighted by molar-refractivity contribution is -0.385. The zero-order chi connectivity index (χ0) is 15.6. The molecule has 108 valence electrons. The lowest BCUT2D eigenvalue weighted by atomic mass is 10.1. The smallest absolute Gasteiger partial charge is 0.311 e. The Morgan fingerprint density at radius 3 is 2.57 bits per heavy atom. The lowest BCUT2D eigenvalue weighted by Gasteiger charge is -2.08. The van der Waals surface area contributed by atoms with Crippen LogP contribution in [-0.4, -0.2) is 10.7 Å². The molecule has 0 amide bonds. The predicted octanol–water partition coefficient (Wildman–Crippen LogP) is 4.38. The van der Waals surface area contributed by atoms with Crippen molar-refractivity contribution in [1.82, 2.24) is 0 Å². The van der Waals surface area contributed by atoms with Crippen LogP contribution in [0.1, 0.15) is 17.3 Å². The number of hydrogen-bond donors (Lipinski definition) is 0. The first kappa shape index (κ1) is 14.9. The monoisotopic (exact) mass is 309 g/mol. The maximum atomic E-state index is 13.2. The van der Waals surface area contributed by atoms with Crippen LogP contribution in [0.15, 0.2) is 36.4 Å². The van der Waals surface area contributed by atoms with Gasteiger partial charge in [0.1, 0.15) is 11.6 Å². The summed E-state index contributed by atoms with van der Waals surface area (Å²) in [6, 6.07) is 7.09. The van der Waals surface area contributed by atoms with E-state index in [1.807, 2.05) is 0 Å². The largest absolute Gasteiger partial charge is 0.450 e. The number of hydrogen-bond acceptors (Lipinski definition) is 4. The van der Waals surface area contributed by atoms with Crippen LogP contribution in [0.25, 0.3) is 0 Å². The first-order chi connectivity index (χ1) is 9.88. The van der Waals surface area contributed by atoms with Crippen LogP contribution in [0.4, 0.5) is 10.1 Å². The van der Waals surface area contributed by atoms with Gasteiger partial charge in [-0.05, 0) is 25.1 Å². The Morgan fingerprint density at radius 2 is 2.00 bits per heavy atom. The van der Waals surface area contributed by atoms with Crippen LogP contribution < -0.4 is 4.74 Å². The Balaban J connectivity index is 2.38. The van der Waals surface area contributed by atoms with Gasteiger partial charge in [-0.1, -0.05) is 11.6 Å². The van der Waals surface area contributed by atoms with Gasteiger partial charge in [0, 0.05) is 23.8 Å². The number of carbonyl (C=O) groups is 1. The van der Waals surface area contributed by atoms with Gasteiger partial charge in [0.25, 0.3) is 0 Å². The summed E-state index contributed by atoms with van der Waals surface area (Å²) in [7, 11) is 0. The highest BCUT2D eigenvalue weighted by atomic mass is 35.5. The fourth-order valence-electron chi connectivity index (χ4n) is 1.69. The molecule has 0 saturated heterocycles. The van der Waals surface area contributed by atoms with Crippen molar-refractivity contribution in [3.63, 3.8) is 0 Å². The number of Topliss-reactive ketones (excluding diaryl/α,β-unsaturated/α-hetero) is 1. The van der Waals surface area contributed by atoms with E-state index in [1.54, 1.807) is 0 Å². The van der Waals surface area contributed by atoms with E-state index < -0.39 is 10.7 Å². The molecular weight excluding hydrogens is 301 g/mol. The quantitative estimate of drug-likeness (QED) is 0.477. The zero-order valence-corrected chi connectivity index (χ0v) is 11.6. The predicted molar refractivity (Wildman–Crippen MR) is 74.6 cm³/mol. The van der Waals surface area contributed by atoms with Gasteiger partial charge in [-0.2, -0.15) is 0 Å². The van der Waals surface area contributed by atoms with Crippen LogP contribution in [0.3, 0.4) is 0 Å². The van der Waals surface area contributed by atoms with Crippen LogP contribution in [0, 0.1) is 15.9 Å². The number of nitro groups is 1. The average Bonchev–Trinajstić information content (AvgIpc) is 2.37. The summed E-state index contributed by atoms with van der Waals surface area (Å²) in [5.74, 6) is -0.962. The second-order valence-corrected chi connectivity index (χ2v) is 4.58. The number of halogens is 2. The summed E-state index contributed by atoms with van der Waals surface area (Å²) in [4.78, 5) is 21.4. The van der Waals surface area contributed by atoms with E-state index in [0.717, 1.165) is 18.2 Å². The average molecular weight is 310 g/mol. The summed E-state index contributed by atoms with van der Waals surface area (Å²) in [6.45, 7) is 1.36. The number of carbonyl (C=O) groups excluding carboxylic acids is 1. The lowest BCUT2D eigenvalue weighted by Crippen LogP contribution is -1.96. The van der Waals surface area contributed by atoms with E-state index in [4.69, 9.17) is 16.3 Å². The summed E-state index contributed by atoms with van der Waals surface area (Å²) < 4.78 is 18.5. The van der Waals surface area contributed by atoms with Crippen molar-refractivity contribution in [3.05, 3.63) is 62.9 Å². The Morgan fingerprint density at radius 1 is 1.29 bits per heavy atom. The molecule has 0 atom stereocenters. The molecule has 0 radical (unpaired) electrons. The van der Waals surface area contributed by atoms with Crippen LogP contribution >= 0.6 is 11.6 Å². The molecule has 0 heterocycles. The minimum atomic E-state index is -0.680. The number of nitro benzene ring substituents is 1. The fourth-order valence-corrected chi connectivity index (χ4v) is 2.00. The molecule has 0 saturated carbocycles. The van der Waals surface area contributed by atoms with Crippen LogP contribution in [0.5, 0.6) is 11.5 Å². The molecule has 2 aromatic rings. The third-order valence-electron chi connectivity index (χ3n) is 2.67. The topological polar surface area (TPSA) is 69.4 Å². The van der Waals surface area contributed by atoms with E-state index in [2.05, 4.69) is 0 Å². The van der Waals surface area contributed by atoms with E-state index in [-0.39, 0.29) is 28.0 Å². The number of ether oxygens (including phenoxy) is 1. The summed E-state index contributed by atoms with van der Waals surface area (Å²) >= 11 is 5.92. The van der Waals surface area contributed by atoms with Crippen LogP contribution in [-0.2, 0) is 0 Å². The number of nitrogens with zero attached hydrogens (tertiary/aromatic N) is 1. The molecule has 2 rings (SSSR count).